The minimum absolute atomic E-state index is 0.425. The fourth-order valence-corrected chi connectivity index (χ4v) is 2.16. The number of nitrogens with one attached hydrogen (secondary N) is 2. The number of carbonyl (C=O) groups is 2. The summed E-state index contributed by atoms with van der Waals surface area (Å²) in [5.41, 5.74) is 3.73. The molecular formula is C20H23N3O4. The highest BCUT2D eigenvalue weighted by Gasteiger charge is 2.21. The van der Waals surface area contributed by atoms with Crippen molar-refractivity contribution < 1.29 is 19.1 Å². The third-order valence-electron chi connectivity index (χ3n) is 3.70. The van der Waals surface area contributed by atoms with Gasteiger partial charge < -0.3 is 14.8 Å². The maximum absolute atomic E-state index is 12.2. The Kier molecular flexibility index (Phi) is 7.37. The zero-order chi connectivity index (χ0) is 19.6. The summed E-state index contributed by atoms with van der Waals surface area (Å²) in [5, 5.41) is 6.58. The van der Waals surface area contributed by atoms with Crippen molar-refractivity contribution in [2.75, 3.05) is 19.0 Å². The van der Waals surface area contributed by atoms with Gasteiger partial charge in [-0.25, -0.2) is 5.43 Å². The molecule has 0 fully saturated rings. The summed E-state index contributed by atoms with van der Waals surface area (Å²) in [6, 6.07) is 14.2. The first-order chi connectivity index (χ1) is 13.0. The molecule has 0 saturated carbocycles. The molecule has 0 aliphatic rings. The standard InChI is InChI=1S/C20H23N3O4/c1-4-27-18-7-5-6-15(12-18)13-21-23-20(25)14(2)19(24)22-16-8-10-17(26-3)11-9-16/h5-14H,4H2,1-3H3,(H,22,24)(H,23,25). The van der Waals surface area contributed by atoms with Crippen LogP contribution in [-0.2, 0) is 9.59 Å². The van der Waals surface area contributed by atoms with Crippen LogP contribution in [0.4, 0.5) is 5.69 Å². The molecule has 0 aliphatic heterocycles. The van der Waals surface area contributed by atoms with E-state index >= 15 is 0 Å². The highest BCUT2D eigenvalue weighted by Crippen LogP contribution is 2.16. The van der Waals surface area contributed by atoms with Gasteiger partial charge in [0.15, 0.2) is 0 Å². The number of benzene rings is 2. The summed E-state index contributed by atoms with van der Waals surface area (Å²) >= 11 is 0. The van der Waals surface area contributed by atoms with Crippen LogP contribution in [0, 0.1) is 5.92 Å². The van der Waals surface area contributed by atoms with Crippen molar-refractivity contribution in [3.05, 3.63) is 54.1 Å². The van der Waals surface area contributed by atoms with Crippen molar-refractivity contribution in [3.8, 4) is 11.5 Å². The molecule has 1 atom stereocenters. The molecule has 0 spiro atoms. The van der Waals surface area contributed by atoms with E-state index in [1.54, 1.807) is 37.4 Å². The first-order valence-electron chi connectivity index (χ1n) is 8.54. The van der Waals surface area contributed by atoms with Crippen LogP contribution in [0.25, 0.3) is 0 Å². The lowest BCUT2D eigenvalue weighted by atomic mass is 10.1. The summed E-state index contributed by atoms with van der Waals surface area (Å²) in [6.45, 7) is 3.98. The van der Waals surface area contributed by atoms with E-state index in [1.807, 2.05) is 25.1 Å². The van der Waals surface area contributed by atoms with E-state index in [0.717, 1.165) is 11.3 Å². The predicted molar refractivity (Wildman–Crippen MR) is 104 cm³/mol. The van der Waals surface area contributed by atoms with Crippen molar-refractivity contribution in [3.63, 3.8) is 0 Å². The number of anilines is 1. The Hall–Kier alpha value is -3.35. The average Bonchev–Trinajstić information content (AvgIpc) is 2.68. The van der Waals surface area contributed by atoms with Crippen molar-refractivity contribution in [2.24, 2.45) is 11.0 Å². The Morgan fingerprint density at radius 3 is 2.52 bits per heavy atom. The second-order valence-corrected chi connectivity index (χ2v) is 5.68. The molecule has 2 amide bonds. The molecule has 7 nitrogen and oxygen atoms in total. The van der Waals surface area contributed by atoms with Gasteiger partial charge >= 0.3 is 0 Å². The molecule has 142 valence electrons. The van der Waals surface area contributed by atoms with Crippen LogP contribution in [-0.4, -0.2) is 31.7 Å². The number of ether oxygens (including phenoxy) is 2. The lowest BCUT2D eigenvalue weighted by Gasteiger charge is -2.11. The number of hydrogen-bond acceptors (Lipinski definition) is 5. The Labute approximate surface area is 158 Å². The third kappa shape index (κ3) is 6.14. The third-order valence-corrected chi connectivity index (χ3v) is 3.70. The second-order valence-electron chi connectivity index (χ2n) is 5.68. The molecule has 2 aromatic carbocycles. The number of carbonyl (C=O) groups excluding carboxylic acids is 2. The smallest absolute Gasteiger partial charge is 0.252 e. The monoisotopic (exact) mass is 369 g/mol. The summed E-state index contributed by atoms with van der Waals surface area (Å²) in [6.07, 6.45) is 1.49. The van der Waals surface area contributed by atoms with Crippen molar-refractivity contribution in [1.29, 1.82) is 0 Å². The lowest BCUT2D eigenvalue weighted by Crippen LogP contribution is -2.34. The Morgan fingerprint density at radius 2 is 1.85 bits per heavy atom. The van der Waals surface area contributed by atoms with Crippen molar-refractivity contribution >= 4 is 23.7 Å². The zero-order valence-corrected chi connectivity index (χ0v) is 15.6. The normalized spacial score (nSPS) is 11.7. The average molecular weight is 369 g/mol. The van der Waals surface area contributed by atoms with Gasteiger partial charge in [-0.05, 0) is 55.8 Å². The SMILES string of the molecule is CCOc1cccc(C=NNC(=O)C(C)C(=O)Nc2ccc(OC)cc2)c1. The summed E-state index contributed by atoms with van der Waals surface area (Å²) in [5.74, 6) is -0.426. The van der Waals surface area contributed by atoms with Crippen LogP contribution < -0.4 is 20.2 Å². The zero-order valence-electron chi connectivity index (χ0n) is 15.6. The van der Waals surface area contributed by atoms with Crippen LogP contribution in [0.1, 0.15) is 19.4 Å². The number of rotatable bonds is 8. The van der Waals surface area contributed by atoms with E-state index in [0.29, 0.717) is 18.0 Å². The second kappa shape index (κ2) is 9.96. The van der Waals surface area contributed by atoms with Crippen molar-refractivity contribution in [2.45, 2.75) is 13.8 Å². The van der Waals surface area contributed by atoms with Gasteiger partial charge in [-0.1, -0.05) is 12.1 Å². The predicted octanol–water partition coefficient (Wildman–Crippen LogP) is 2.82. The minimum Gasteiger partial charge on any atom is -0.497 e. The first kappa shape index (κ1) is 20.0. The minimum atomic E-state index is -0.904. The van der Waals surface area contributed by atoms with Gasteiger partial charge in [0.05, 0.1) is 19.9 Å². The quantitative estimate of drug-likeness (QED) is 0.425. The summed E-state index contributed by atoms with van der Waals surface area (Å²) in [7, 11) is 1.56. The molecule has 1 unspecified atom stereocenters. The largest absolute Gasteiger partial charge is 0.497 e. The Balaban J connectivity index is 1.88. The van der Waals surface area contributed by atoms with Crippen LogP contribution in [0.3, 0.4) is 0 Å². The number of hydrogen-bond donors (Lipinski definition) is 2. The highest BCUT2D eigenvalue weighted by atomic mass is 16.5. The fourth-order valence-electron chi connectivity index (χ4n) is 2.16. The van der Waals surface area contributed by atoms with Gasteiger partial charge in [0, 0.05) is 5.69 Å². The Bertz CT molecular complexity index is 803. The van der Waals surface area contributed by atoms with E-state index in [-0.39, 0.29) is 0 Å². The molecule has 0 aliphatic carbocycles. The number of amides is 2. The highest BCUT2D eigenvalue weighted by molar-refractivity contribution is 6.06. The molecule has 0 heterocycles. The van der Waals surface area contributed by atoms with E-state index in [2.05, 4.69) is 15.8 Å². The molecule has 2 rings (SSSR count). The topological polar surface area (TPSA) is 89.0 Å². The molecule has 0 bridgehead atoms. The van der Waals surface area contributed by atoms with E-state index in [1.165, 1.54) is 13.1 Å². The van der Waals surface area contributed by atoms with E-state index in [9.17, 15) is 9.59 Å². The summed E-state index contributed by atoms with van der Waals surface area (Å²) < 4.78 is 10.5. The van der Waals surface area contributed by atoms with Crippen LogP contribution in [0.15, 0.2) is 53.6 Å². The molecule has 0 radical (unpaired) electrons. The first-order valence-corrected chi connectivity index (χ1v) is 8.54. The van der Waals surface area contributed by atoms with Crippen LogP contribution >= 0.6 is 0 Å². The van der Waals surface area contributed by atoms with E-state index in [4.69, 9.17) is 9.47 Å². The molecular weight excluding hydrogens is 346 g/mol. The van der Waals surface area contributed by atoms with Crippen LogP contribution in [0.2, 0.25) is 0 Å². The van der Waals surface area contributed by atoms with Crippen LogP contribution in [0.5, 0.6) is 11.5 Å². The maximum atomic E-state index is 12.2. The van der Waals surface area contributed by atoms with Gasteiger partial charge in [0.1, 0.15) is 17.4 Å². The van der Waals surface area contributed by atoms with Crippen molar-refractivity contribution in [1.82, 2.24) is 5.43 Å². The van der Waals surface area contributed by atoms with Gasteiger partial charge in [-0.15, -0.1) is 0 Å². The number of nitrogens with zero attached hydrogens (tertiary/aromatic N) is 1. The fraction of sp³-hybridized carbons (Fsp3) is 0.250. The number of methoxy groups -OCH3 is 1. The molecule has 0 saturated heterocycles. The Morgan fingerprint density at radius 1 is 1.11 bits per heavy atom. The number of hydrazone groups is 1. The molecule has 0 aromatic heterocycles. The molecule has 27 heavy (non-hydrogen) atoms. The summed E-state index contributed by atoms with van der Waals surface area (Å²) in [4.78, 5) is 24.3. The lowest BCUT2D eigenvalue weighted by molar-refractivity contribution is -0.131. The van der Waals surface area contributed by atoms with E-state index < -0.39 is 17.7 Å². The van der Waals surface area contributed by atoms with Gasteiger partial charge in [0.25, 0.3) is 5.91 Å². The van der Waals surface area contributed by atoms with Gasteiger partial charge in [-0.2, -0.15) is 5.10 Å². The van der Waals surface area contributed by atoms with Gasteiger partial charge in [-0.3, -0.25) is 9.59 Å². The van der Waals surface area contributed by atoms with Gasteiger partial charge in [0.2, 0.25) is 5.91 Å². The molecule has 2 aromatic rings. The molecule has 7 heteroatoms. The maximum Gasteiger partial charge on any atom is 0.252 e. The molecule has 2 N–H and O–H groups in total.